The molecule has 0 heterocycles. The fourth-order valence-electron chi connectivity index (χ4n) is 2.61. The van der Waals surface area contributed by atoms with E-state index in [0.717, 1.165) is 11.8 Å². The van der Waals surface area contributed by atoms with Crippen LogP contribution in [-0.4, -0.2) is 0 Å². The minimum atomic E-state index is 0.934. The molecule has 1 aliphatic rings. The highest BCUT2D eigenvalue weighted by molar-refractivity contribution is 5.15. The average Bonchev–Trinajstić information content (AvgIpc) is 2.35. The zero-order valence-electron chi connectivity index (χ0n) is 11.8. The minimum absolute atomic E-state index is 0.934. The van der Waals surface area contributed by atoms with Crippen LogP contribution in [0.3, 0.4) is 0 Å². The van der Waals surface area contributed by atoms with Gasteiger partial charge in [-0.05, 0) is 30.2 Å². The third kappa shape index (κ3) is 5.39. The quantitative estimate of drug-likeness (QED) is 0.634. The molecule has 96 valence electrons. The molecule has 1 fully saturated rings. The first-order valence-corrected chi connectivity index (χ1v) is 7.31. The van der Waals surface area contributed by atoms with Crippen molar-refractivity contribution in [3.63, 3.8) is 0 Å². The summed E-state index contributed by atoms with van der Waals surface area (Å²) >= 11 is 0. The van der Waals surface area contributed by atoms with E-state index in [-0.39, 0.29) is 0 Å². The molecule has 0 amide bonds. The molecule has 1 aromatic rings. The summed E-state index contributed by atoms with van der Waals surface area (Å²) in [7, 11) is 0. The van der Waals surface area contributed by atoms with E-state index in [1.54, 1.807) is 0 Å². The Kier molecular flexibility index (Phi) is 7.00. The van der Waals surface area contributed by atoms with Crippen LogP contribution in [0.25, 0.3) is 0 Å². The Hall–Kier alpha value is -0.780. The van der Waals surface area contributed by atoms with E-state index >= 15 is 0 Å². The van der Waals surface area contributed by atoms with Crippen LogP contribution in [0, 0.1) is 11.8 Å². The highest BCUT2D eigenvalue weighted by Crippen LogP contribution is 2.31. The van der Waals surface area contributed by atoms with Crippen molar-refractivity contribution < 1.29 is 0 Å². The van der Waals surface area contributed by atoms with E-state index in [1.165, 1.54) is 44.1 Å². The van der Waals surface area contributed by atoms with Crippen LogP contribution in [0.5, 0.6) is 0 Å². The van der Waals surface area contributed by atoms with Crippen LogP contribution in [0.4, 0.5) is 0 Å². The van der Waals surface area contributed by atoms with Gasteiger partial charge in [0.25, 0.3) is 0 Å². The SMILES string of the molecule is CCC.C[C@@H]1CCCC[C@@H]1Cc1ccccc1. The maximum Gasteiger partial charge on any atom is -0.0248 e. The molecular formula is C17H28. The van der Waals surface area contributed by atoms with E-state index in [1.807, 2.05) is 0 Å². The lowest BCUT2D eigenvalue weighted by Crippen LogP contribution is -2.18. The summed E-state index contributed by atoms with van der Waals surface area (Å²) in [6.45, 7) is 6.67. The van der Waals surface area contributed by atoms with Crippen molar-refractivity contribution in [1.29, 1.82) is 0 Å². The van der Waals surface area contributed by atoms with Crippen LogP contribution in [-0.2, 0) is 6.42 Å². The molecule has 0 radical (unpaired) electrons. The van der Waals surface area contributed by atoms with Gasteiger partial charge in [0, 0.05) is 0 Å². The van der Waals surface area contributed by atoms with Gasteiger partial charge in [0.05, 0.1) is 0 Å². The first-order chi connectivity index (χ1) is 8.27. The van der Waals surface area contributed by atoms with Gasteiger partial charge in [0.15, 0.2) is 0 Å². The highest BCUT2D eigenvalue weighted by Gasteiger charge is 2.20. The van der Waals surface area contributed by atoms with Crippen molar-refractivity contribution in [2.45, 2.75) is 59.3 Å². The summed E-state index contributed by atoms with van der Waals surface area (Å²) in [5.41, 5.74) is 1.52. The molecule has 1 saturated carbocycles. The van der Waals surface area contributed by atoms with Crippen molar-refractivity contribution in [1.82, 2.24) is 0 Å². The fourth-order valence-corrected chi connectivity index (χ4v) is 2.61. The third-order valence-electron chi connectivity index (χ3n) is 3.63. The predicted molar refractivity (Wildman–Crippen MR) is 77.2 cm³/mol. The molecule has 0 N–H and O–H groups in total. The molecule has 0 spiro atoms. The molecule has 0 heteroatoms. The first kappa shape index (κ1) is 14.3. The Morgan fingerprint density at radius 2 is 1.59 bits per heavy atom. The Labute approximate surface area is 107 Å². The number of benzene rings is 1. The molecular weight excluding hydrogens is 204 g/mol. The second-order valence-corrected chi connectivity index (χ2v) is 5.42. The van der Waals surface area contributed by atoms with Gasteiger partial charge < -0.3 is 0 Å². The maximum absolute atomic E-state index is 2.42. The summed E-state index contributed by atoms with van der Waals surface area (Å²) in [6, 6.07) is 10.9. The van der Waals surface area contributed by atoms with Crippen LogP contribution in [0.1, 0.15) is 58.4 Å². The molecule has 0 nitrogen and oxygen atoms in total. The lowest BCUT2D eigenvalue weighted by molar-refractivity contribution is 0.255. The molecule has 17 heavy (non-hydrogen) atoms. The molecule has 1 aliphatic carbocycles. The standard InChI is InChI=1S/C14H20.C3H8/c1-12-7-5-6-10-14(12)11-13-8-3-2-4-9-13;1-3-2/h2-4,8-9,12,14H,5-7,10-11H2,1H3;3H2,1-2H3/t12-,14-;/m1./s1. The van der Waals surface area contributed by atoms with E-state index in [2.05, 4.69) is 51.1 Å². The van der Waals surface area contributed by atoms with E-state index in [0.29, 0.717) is 0 Å². The van der Waals surface area contributed by atoms with Crippen LogP contribution >= 0.6 is 0 Å². The Balaban J connectivity index is 0.000000437. The van der Waals surface area contributed by atoms with Crippen molar-refractivity contribution in [2.24, 2.45) is 11.8 Å². The van der Waals surface area contributed by atoms with E-state index < -0.39 is 0 Å². The summed E-state index contributed by atoms with van der Waals surface area (Å²) in [6.07, 6.45) is 8.32. The normalized spacial score (nSPS) is 23.7. The largest absolute Gasteiger partial charge is 0.0656 e. The van der Waals surface area contributed by atoms with Crippen molar-refractivity contribution in [2.75, 3.05) is 0 Å². The Morgan fingerprint density at radius 3 is 2.18 bits per heavy atom. The van der Waals surface area contributed by atoms with Crippen molar-refractivity contribution >= 4 is 0 Å². The molecule has 2 atom stereocenters. The highest BCUT2D eigenvalue weighted by atomic mass is 14.3. The molecule has 0 unspecified atom stereocenters. The summed E-state index contributed by atoms with van der Waals surface area (Å²) in [5, 5.41) is 0. The zero-order valence-corrected chi connectivity index (χ0v) is 11.8. The molecule has 0 aliphatic heterocycles. The number of hydrogen-bond donors (Lipinski definition) is 0. The van der Waals surface area contributed by atoms with Gasteiger partial charge in [0.1, 0.15) is 0 Å². The monoisotopic (exact) mass is 232 g/mol. The van der Waals surface area contributed by atoms with E-state index in [4.69, 9.17) is 0 Å². The Bertz CT molecular complexity index is 275. The summed E-state index contributed by atoms with van der Waals surface area (Å²) in [5.74, 6) is 1.87. The van der Waals surface area contributed by atoms with Gasteiger partial charge >= 0.3 is 0 Å². The van der Waals surface area contributed by atoms with Gasteiger partial charge in [0.2, 0.25) is 0 Å². The average molecular weight is 232 g/mol. The van der Waals surface area contributed by atoms with Crippen molar-refractivity contribution in [3.05, 3.63) is 35.9 Å². The van der Waals surface area contributed by atoms with Gasteiger partial charge in [-0.15, -0.1) is 0 Å². The van der Waals surface area contributed by atoms with Crippen LogP contribution in [0.2, 0.25) is 0 Å². The van der Waals surface area contributed by atoms with Gasteiger partial charge in [-0.3, -0.25) is 0 Å². The second kappa shape index (κ2) is 8.33. The number of hydrogen-bond acceptors (Lipinski definition) is 0. The molecule has 2 rings (SSSR count). The third-order valence-corrected chi connectivity index (χ3v) is 3.63. The molecule has 1 aromatic carbocycles. The number of rotatable bonds is 2. The zero-order chi connectivity index (χ0) is 12.5. The van der Waals surface area contributed by atoms with Gasteiger partial charge in [-0.25, -0.2) is 0 Å². The van der Waals surface area contributed by atoms with E-state index in [9.17, 15) is 0 Å². The predicted octanol–water partition coefficient (Wildman–Crippen LogP) is 5.47. The lowest BCUT2D eigenvalue weighted by Gasteiger charge is -2.28. The minimum Gasteiger partial charge on any atom is -0.0656 e. The van der Waals surface area contributed by atoms with Gasteiger partial charge in [-0.2, -0.15) is 0 Å². The van der Waals surface area contributed by atoms with Crippen LogP contribution in [0.15, 0.2) is 30.3 Å². The smallest absolute Gasteiger partial charge is 0.0248 e. The van der Waals surface area contributed by atoms with Crippen LogP contribution < -0.4 is 0 Å². The molecule has 0 saturated heterocycles. The topological polar surface area (TPSA) is 0 Å². The first-order valence-electron chi connectivity index (χ1n) is 7.31. The fraction of sp³-hybridized carbons (Fsp3) is 0.647. The van der Waals surface area contributed by atoms with Crippen molar-refractivity contribution in [3.8, 4) is 0 Å². The molecule has 0 aromatic heterocycles. The van der Waals surface area contributed by atoms with Gasteiger partial charge in [-0.1, -0.05) is 76.8 Å². The summed E-state index contributed by atoms with van der Waals surface area (Å²) < 4.78 is 0. The Morgan fingerprint density at radius 1 is 1.00 bits per heavy atom. The second-order valence-electron chi connectivity index (χ2n) is 5.42. The summed E-state index contributed by atoms with van der Waals surface area (Å²) in [4.78, 5) is 0. The molecule has 0 bridgehead atoms. The maximum atomic E-state index is 2.42. The lowest BCUT2D eigenvalue weighted by atomic mass is 9.77.